The molecule has 0 bridgehead atoms. The first kappa shape index (κ1) is 15.3. The number of nitrogen functional groups attached to an aromatic ring is 1. The van der Waals surface area contributed by atoms with Crippen LogP contribution in [-0.2, 0) is 9.53 Å². The fourth-order valence-electron chi connectivity index (χ4n) is 1.40. The highest BCUT2D eigenvalue weighted by molar-refractivity contribution is 6.31. The number of amides is 1. The van der Waals surface area contributed by atoms with Gasteiger partial charge in [-0.15, -0.1) is 0 Å². The van der Waals surface area contributed by atoms with E-state index in [1.807, 2.05) is 13.8 Å². The Kier molecular flexibility index (Phi) is 5.18. The van der Waals surface area contributed by atoms with Gasteiger partial charge < -0.3 is 15.8 Å². The number of hydrogen-bond acceptors (Lipinski definition) is 4. The molecule has 19 heavy (non-hydrogen) atoms. The Labute approximate surface area is 117 Å². The van der Waals surface area contributed by atoms with Crippen molar-refractivity contribution in [2.75, 3.05) is 5.73 Å². The number of carbonyl (C=O) groups excluding carboxylic acids is 2. The summed E-state index contributed by atoms with van der Waals surface area (Å²) >= 11 is 5.74. The van der Waals surface area contributed by atoms with E-state index in [-0.39, 0.29) is 23.2 Å². The lowest BCUT2D eigenvalue weighted by atomic mass is 10.2. The molecule has 0 aliphatic carbocycles. The second-order valence-electron chi connectivity index (χ2n) is 4.44. The normalized spacial score (nSPS) is 12.1. The average molecular weight is 285 g/mol. The van der Waals surface area contributed by atoms with Crippen molar-refractivity contribution < 1.29 is 14.3 Å². The molecule has 0 radical (unpaired) electrons. The van der Waals surface area contributed by atoms with Gasteiger partial charge in [0.25, 0.3) is 5.91 Å². The minimum atomic E-state index is -0.884. The van der Waals surface area contributed by atoms with Crippen LogP contribution in [0.1, 0.15) is 31.1 Å². The summed E-state index contributed by atoms with van der Waals surface area (Å²) in [6.07, 6.45) is -0.884. The molecule has 1 aromatic carbocycles. The van der Waals surface area contributed by atoms with Crippen molar-refractivity contribution in [1.82, 2.24) is 5.32 Å². The molecule has 0 aliphatic heterocycles. The topological polar surface area (TPSA) is 81.4 Å². The molecule has 3 N–H and O–H groups in total. The summed E-state index contributed by atoms with van der Waals surface area (Å²) in [7, 11) is 0. The molecular weight excluding hydrogens is 268 g/mol. The standard InChI is InChI=1S/C13H17ClN2O3/c1-7(2)16-12(17)8(3)19-13(18)10-5-4-9(14)6-11(10)15/h4-8H,15H2,1-3H3,(H,16,17). The number of hydrogen-bond donors (Lipinski definition) is 2. The maximum Gasteiger partial charge on any atom is 0.341 e. The quantitative estimate of drug-likeness (QED) is 0.654. The third-order valence-corrected chi connectivity index (χ3v) is 2.55. The number of carbonyl (C=O) groups is 2. The number of nitrogens with one attached hydrogen (secondary N) is 1. The molecule has 1 amide bonds. The van der Waals surface area contributed by atoms with Crippen LogP contribution in [0.2, 0.25) is 5.02 Å². The smallest absolute Gasteiger partial charge is 0.341 e. The molecular formula is C13H17ClN2O3. The molecule has 0 heterocycles. The second kappa shape index (κ2) is 6.43. The van der Waals surface area contributed by atoms with Crippen molar-refractivity contribution in [3.05, 3.63) is 28.8 Å². The van der Waals surface area contributed by atoms with Gasteiger partial charge in [-0.3, -0.25) is 4.79 Å². The predicted molar refractivity (Wildman–Crippen MR) is 74.0 cm³/mol. The zero-order valence-corrected chi connectivity index (χ0v) is 11.8. The van der Waals surface area contributed by atoms with Crippen molar-refractivity contribution in [3.8, 4) is 0 Å². The van der Waals surface area contributed by atoms with Gasteiger partial charge in [0.05, 0.1) is 5.56 Å². The van der Waals surface area contributed by atoms with E-state index < -0.39 is 12.1 Å². The van der Waals surface area contributed by atoms with E-state index in [1.165, 1.54) is 25.1 Å². The first-order chi connectivity index (χ1) is 8.81. The van der Waals surface area contributed by atoms with Gasteiger partial charge in [-0.2, -0.15) is 0 Å². The van der Waals surface area contributed by atoms with Crippen LogP contribution in [-0.4, -0.2) is 24.0 Å². The number of rotatable bonds is 4. The van der Waals surface area contributed by atoms with Crippen LogP contribution in [0.5, 0.6) is 0 Å². The lowest BCUT2D eigenvalue weighted by Crippen LogP contribution is -2.39. The largest absolute Gasteiger partial charge is 0.449 e. The van der Waals surface area contributed by atoms with Crippen LogP contribution in [0.25, 0.3) is 0 Å². The summed E-state index contributed by atoms with van der Waals surface area (Å²) < 4.78 is 5.05. The minimum absolute atomic E-state index is 0.0192. The van der Waals surface area contributed by atoms with E-state index in [2.05, 4.69) is 5.32 Å². The van der Waals surface area contributed by atoms with E-state index in [4.69, 9.17) is 22.1 Å². The molecule has 1 unspecified atom stereocenters. The van der Waals surface area contributed by atoms with E-state index >= 15 is 0 Å². The molecule has 1 rings (SSSR count). The monoisotopic (exact) mass is 284 g/mol. The van der Waals surface area contributed by atoms with Crippen molar-refractivity contribution in [3.63, 3.8) is 0 Å². The molecule has 0 saturated heterocycles. The first-order valence-corrected chi connectivity index (χ1v) is 6.25. The number of anilines is 1. The van der Waals surface area contributed by atoms with Gasteiger partial charge in [0, 0.05) is 16.8 Å². The second-order valence-corrected chi connectivity index (χ2v) is 4.88. The summed E-state index contributed by atoms with van der Waals surface area (Å²) in [6.45, 7) is 5.15. The highest BCUT2D eigenvalue weighted by Gasteiger charge is 2.20. The Morgan fingerprint density at radius 1 is 1.32 bits per heavy atom. The third kappa shape index (κ3) is 4.44. The van der Waals surface area contributed by atoms with Gasteiger partial charge in [0.15, 0.2) is 6.10 Å². The minimum Gasteiger partial charge on any atom is -0.449 e. The van der Waals surface area contributed by atoms with Crippen LogP contribution >= 0.6 is 11.6 Å². The fraction of sp³-hybridized carbons (Fsp3) is 0.385. The molecule has 6 heteroatoms. The van der Waals surface area contributed by atoms with Crippen molar-refractivity contribution >= 4 is 29.2 Å². The SMILES string of the molecule is CC(C)NC(=O)C(C)OC(=O)c1ccc(Cl)cc1N. The summed E-state index contributed by atoms with van der Waals surface area (Å²) in [5.41, 5.74) is 6.07. The zero-order valence-electron chi connectivity index (χ0n) is 11.1. The van der Waals surface area contributed by atoms with Gasteiger partial charge in [0.1, 0.15) is 0 Å². The molecule has 0 saturated carbocycles. The molecule has 0 fully saturated rings. The van der Waals surface area contributed by atoms with Crippen LogP contribution in [0.3, 0.4) is 0 Å². The van der Waals surface area contributed by atoms with E-state index in [0.717, 1.165) is 0 Å². The van der Waals surface area contributed by atoms with Crippen molar-refractivity contribution in [1.29, 1.82) is 0 Å². The van der Waals surface area contributed by atoms with Crippen molar-refractivity contribution in [2.24, 2.45) is 0 Å². The zero-order chi connectivity index (χ0) is 14.6. The molecule has 0 aliphatic rings. The van der Waals surface area contributed by atoms with Gasteiger partial charge in [-0.05, 0) is 39.0 Å². The number of halogens is 1. The summed E-state index contributed by atoms with van der Waals surface area (Å²) in [5, 5.41) is 3.08. The summed E-state index contributed by atoms with van der Waals surface area (Å²) in [6, 6.07) is 4.44. The lowest BCUT2D eigenvalue weighted by Gasteiger charge is -2.15. The molecule has 0 spiro atoms. The molecule has 0 aromatic heterocycles. The summed E-state index contributed by atoms with van der Waals surface area (Å²) in [5.74, 6) is -1.00. The Bertz CT molecular complexity index is 489. The highest BCUT2D eigenvalue weighted by atomic mass is 35.5. The Morgan fingerprint density at radius 2 is 1.95 bits per heavy atom. The number of esters is 1. The van der Waals surface area contributed by atoms with E-state index in [0.29, 0.717) is 5.02 Å². The maximum atomic E-state index is 11.9. The number of ether oxygens (including phenoxy) is 1. The van der Waals surface area contributed by atoms with Crippen LogP contribution in [0.4, 0.5) is 5.69 Å². The van der Waals surface area contributed by atoms with Crippen LogP contribution in [0.15, 0.2) is 18.2 Å². The predicted octanol–water partition coefficient (Wildman–Crippen LogP) is 1.99. The van der Waals surface area contributed by atoms with Crippen LogP contribution < -0.4 is 11.1 Å². The summed E-state index contributed by atoms with van der Waals surface area (Å²) in [4.78, 5) is 23.5. The molecule has 5 nitrogen and oxygen atoms in total. The van der Waals surface area contributed by atoms with E-state index in [9.17, 15) is 9.59 Å². The Morgan fingerprint density at radius 3 is 2.47 bits per heavy atom. The Hall–Kier alpha value is -1.75. The lowest BCUT2D eigenvalue weighted by molar-refractivity contribution is -0.129. The molecule has 1 aromatic rings. The van der Waals surface area contributed by atoms with Crippen LogP contribution in [0, 0.1) is 0 Å². The van der Waals surface area contributed by atoms with Gasteiger partial charge >= 0.3 is 5.97 Å². The van der Waals surface area contributed by atoms with Gasteiger partial charge in [0.2, 0.25) is 0 Å². The maximum absolute atomic E-state index is 11.9. The van der Waals surface area contributed by atoms with Crippen molar-refractivity contribution in [2.45, 2.75) is 32.9 Å². The first-order valence-electron chi connectivity index (χ1n) is 5.87. The molecule has 1 atom stereocenters. The highest BCUT2D eigenvalue weighted by Crippen LogP contribution is 2.19. The number of nitrogens with two attached hydrogens (primary N) is 1. The van der Waals surface area contributed by atoms with Gasteiger partial charge in [-0.1, -0.05) is 11.6 Å². The van der Waals surface area contributed by atoms with E-state index in [1.54, 1.807) is 0 Å². The number of benzene rings is 1. The third-order valence-electron chi connectivity index (χ3n) is 2.32. The molecule has 104 valence electrons. The Balaban J connectivity index is 2.71. The average Bonchev–Trinajstić information content (AvgIpc) is 2.27. The van der Waals surface area contributed by atoms with Gasteiger partial charge in [-0.25, -0.2) is 4.79 Å². The fourth-order valence-corrected chi connectivity index (χ4v) is 1.58.